The Morgan fingerprint density at radius 3 is 2.60 bits per heavy atom. The van der Waals surface area contributed by atoms with Crippen LogP contribution in [-0.2, 0) is 4.79 Å². The second-order valence-corrected chi connectivity index (χ2v) is 3.22. The molecule has 0 aliphatic heterocycles. The number of hydrogen-bond donors (Lipinski definition) is 1. The van der Waals surface area contributed by atoms with Gasteiger partial charge in [0, 0.05) is 6.08 Å². The Hall–Kier alpha value is -1.48. The minimum Gasteiger partial charge on any atom is -0.492 e. The van der Waals surface area contributed by atoms with Crippen molar-refractivity contribution < 1.29 is 9.53 Å². The van der Waals surface area contributed by atoms with Crippen LogP contribution in [0.2, 0.25) is 0 Å². The van der Waals surface area contributed by atoms with Gasteiger partial charge in [0.05, 0.1) is 5.88 Å². The van der Waals surface area contributed by atoms with Gasteiger partial charge in [0.15, 0.2) is 0 Å². The van der Waals surface area contributed by atoms with Gasteiger partial charge in [-0.1, -0.05) is 12.1 Å². The van der Waals surface area contributed by atoms with Crippen LogP contribution < -0.4 is 10.5 Å². The van der Waals surface area contributed by atoms with E-state index in [1.807, 2.05) is 24.3 Å². The number of nitrogens with two attached hydrogens (primary N) is 1. The third-order valence-electron chi connectivity index (χ3n) is 1.67. The molecule has 0 aromatic heterocycles. The molecule has 0 fully saturated rings. The molecule has 0 saturated heterocycles. The summed E-state index contributed by atoms with van der Waals surface area (Å²) in [5, 5.41) is 0. The van der Waals surface area contributed by atoms with Crippen LogP contribution in [0, 0.1) is 0 Å². The fourth-order valence-electron chi connectivity index (χ4n) is 1.01. The van der Waals surface area contributed by atoms with Gasteiger partial charge in [0.2, 0.25) is 5.91 Å². The van der Waals surface area contributed by atoms with Crippen molar-refractivity contribution in [1.82, 2.24) is 0 Å². The van der Waals surface area contributed by atoms with Crippen LogP contribution in [0.5, 0.6) is 5.75 Å². The number of carbonyl (C=O) groups is 1. The Balaban J connectivity index is 2.60. The SMILES string of the molecule is NC(=O)/C=C/c1ccc(OCCCl)cc1. The average Bonchev–Trinajstić information content (AvgIpc) is 2.25. The maximum atomic E-state index is 10.5. The third kappa shape index (κ3) is 4.51. The van der Waals surface area contributed by atoms with Crippen molar-refractivity contribution in [3.05, 3.63) is 35.9 Å². The minimum absolute atomic E-state index is 0.461. The third-order valence-corrected chi connectivity index (χ3v) is 1.82. The maximum Gasteiger partial charge on any atom is 0.241 e. The Labute approximate surface area is 93.5 Å². The molecule has 1 aromatic carbocycles. The molecule has 0 aliphatic carbocycles. The molecular formula is C11H12ClNO2. The van der Waals surface area contributed by atoms with Crippen LogP contribution in [0.3, 0.4) is 0 Å². The Morgan fingerprint density at radius 2 is 2.07 bits per heavy atom. The zero-order chi connectivity index (χ0) is 11.1. The van der Waals surface area contributed by atoms with Gasteiger partial charge in [-0.25, -0.2) is 0 Å². The summed E-state index contributed by atoms with van der Waals surface area (Å²) < 4.78 is 5.29. The van der Waals surface area contributed by atoms with Crippen LogP contribution in [0.25, 0.3) is 6.08 Å². The number of halogens is 1. The van der Waals surface area contributed by atoms with Crippen molar-refractivity contribution in [3.63, 3.8) is 0 Å². The van der Waals surface area contributed by atoms with Gasteiger partial charge in [0.25, 0.3) is 0 Å². The van der Waals surface area contributed by atoms with Crippen molar-refractivity contribution in [2.24, 2.45) is 5.73 Å². The molecule has 15 heavy (non-hydrogen) atoms. The van der Waals surface area contributed by atoms with E-state index < -0.39 is 5.91 Å². The van der Waals surface area contributed by atoms with Gasteiger partial charge in [-0.2, -0.15) is 0 Å². The highest BCUT2D eigenvalue weighted by Gasteiger charge is 1.93. The fourth-order valence-corrected chi connectivity index (χ4v) is 1.09. The monoisotopic (exact) mass is 225 g/mol. The van der Waals surface area contributed by atoms with E-state index >= 15 is 0 Å². The number of primary amides is 1. The van der Waals surface area contributed by atoms with Crippen LogP contribution in [-0.4, -0.2) is 18.4 Å². The predicted molar refractivity (Wildman–Crippen MR) is 60.9 cm³/mol. The molecule has 0 spiro atoms. The summed E-state index contributed by atoms with van der Waals surface area (Å²) in [7, 11) is 0. The average molecular weight is 226 g/mol. The van der Waals surface area contributed by atoms with Gasteiger partial charge in [-0.3, -0.25) is 4.79 Å². The van der Waals surface area contributed by atoms with Crippen LogP contribution >= 0.6 is 11.6 Å². The van der Waals surface area contributed by atoms with Gasteiger partial charge >= 0.3 is 0 Å². The van der Waals surface area contributed by atoms with Crippen molar-refractivity contribution in [1.29, 1.82) is 0 Å². The molecule has 1 rings (SSSR count). The summed E-state index contributed by atoms with van der Waals surface area (Å²) >= 11 is 5.48. The van der Waals surface area contributed by atoms with Crippen molar-refractivity contribution in [2.75, 3.05) is 12.5 Å². The molecule has 0 unspecified atom stereocenters. The molecule has 0 aliphatic rings. The number of rotatable bonds is 5. The first kappa shape index (κ1) is 11.6. The number of hydrogen-bond acceptors (Lipinski definition) is 2. The van der Waals surface area contributed by atoms with Crippen LogP contribution in [0.1, 0.15) is 5.56 Å². The summed E-state index contributed by atoms with van der Waals surface area (Å²) in [5.41, 5.74) is 5.87. The molecule has 4 heteroatoms. The second-order valence-electron chi connectivity index (χ2n) is 2.84. The van der Waals surface area contributed by atoms with E-state index in [2.05, 4.69) is 0 Å². The molecule has 2 N–H and O–H groups in total. The van der Waals surface area contributed by atoms with Crippen molar-refractivity contribution in [3.8, 4) is 5.75 Å². The van der Waals surface area contributed by atoms with E-state index in [4.69, 9.17) is 22.1 Å². The first-order valence-corrected chi connectivity index (χ1v) is 5.02. The van der Waals surface area contributed by atoms with Crippen molar-refractivity contribution in [2.45, 2.75) is 0 Å². The number of amides is 1. The second kappa shape index (κ2) is 6.09. The zero-order valence-electron chi connectivity index (χ0n) is 8.15. The van der Waals surface area contributed by atoms with E-state index in [0.29, 0.717) is 12.5 Å². The zero-order valence-corrected chi connectivity index (χ0v) is 8.91. The van der Waals surface area contributed by atoms with E-state index in [-0.39, 0.29) is 0 Å². The van der Waals surface area contributed by atoms with E-state index in [1.54, 1.807) is 6.08 Å². The number of alkyl halides is 1. The van der Waals surface area contributed by atoms with Gasteiger partial charge < -0.3 is 10.5 Å². The lowest BCUT2D eigenvalue weighted by Gasteiger charge is -2.03. The number of ether oxygens (including phenoxy) is 1. The molecule has 0 bridgehead atoms. The largest absolute Gasteiger partial charge is 0.492 e. The molecule has 0 heterocycles. The lowest BCUT2D eigenvalue weighted by atomic mass is 10.2. The number of benzene rings is 1. The summed E-state index contributed by atoms with van der Waals surface area (Å²) in [6.45, 7) is 0.484. The molecule has 3 nitrogen and oxygen atoms in total. The van der Waals surface area contributed by atoms with Crippen LogP contribution in [0.4, 0.5) is 0 Å². The lowest BCUT2D eigenvalue weighted by molar-refractivity contribution is -0.113. The Kier molecular flexibility index (Phi) is 4.71. The molecule has 0 radical (unpaired) electrons. The number of carbonyl (C=O) groups excluding carboxylic acids is 1. The van der Waals surface area contributed by atoms with Gasteiger partial charge in [0.1, 0.15) is 12.4 Å². The molecule has 1 amide bonds. The molecular weight excluding hydrogens is 214 g/mol. The summed E-state index contributed by atoms with van der Waals surface area (Å²) in [5.74, 6) is 0.757. The maximum absolute atomic E-state index is 10.5. The molecule has 80 valence electrons. The first-order chi connectivity index (χ1) is 7.22. The lowest BCUT2D eigenvalue weighted by Crippen LogP contribution is -2.05. The summed E-state index contributed by atoms with van der Waals surface area (Å²) in [4.78, 5) is 10.5. The highest BCUT2D eigenvalue weighted by Crippen LogP contribution is 2.13. The normalized spacial score (nSPS) is 10.5. The summed E-state index contributed by atoms with van der Waals surface area (Å²) in [6, 6.07) is 7.30. The minimum atomic E-state index is -0.461. The highest BCUT2D eigenvalue weighted by atomic mass is 35.5. The predicted octanol–water partition coefficient (Wildman–Crippen LogP) is 1.80. The fraction of sp³-hybridized carbons (Fsp3) is 0.182. The molecule has 1 aromatic rings. The van der Waals surface area contributed by atoms with Crippen molar-refractivity contribution >= 4 is 23.6 Å². The van der Waals surface area contributed by atoms with Gasteiger partial charge in [-0.15, -0.1) is 11.6 Å². The summed E-state index contributed by atoms with van der Waals surface area (Å²) in [6.07, 6.45) is 2.96. The molecule has 0 atom stereocenters. The topological polar surface area (TPSA) is 52.3 Å². The van der Waals surface area contributed by atoms with E-state index in [9.17, 15) is 4.79 Å². The van der Waals surface area contributed by atoms with Crippen LogP contribution in [0.15, 0.2) is 30.3 Å². The molecule has 0 saturated carbocycles. The highest BCUT2D eigenvalue weighted by molar-refractivity contribution is 6.18. The quantitative estimate of drug-likeness (QED) is 0.614. The first-order valence-electron chi connectivity index (χ1n) is 4.48. The smallest absolute Gasteiger partial charge is 0.241 e. The standard InChI is InChI=1S/C11H12ClNO2/c12-7-8-15-10-4-1-9(2-5-10)3-6-11(13)14/h1-6H,7-8H2,(H2,13,14)/b6-3+. The Bertz CT molecular complexity index is 346. The van der Waals surface area contributed by atoms with E-state index in [1.165, 1.54) is 6.08 Å². The Morgan fingerprint density at radius 1 is 1.40 bits per heavy atom. The van der Waals surface area contributed by atoms with E-state index in [0.717, 1.165) is 11.3 Å². The van der Waals surface area contributed by atoms with Gasteiger partial charge in [-0.05, 0) is 23.8 Å².